The van der Waals surface area contributed by atoms with Crippen LogP contribution in [-0.2, 0) is 19.9 Å². The van der Waals surface area contributed by atoms with Crippen molar-refractivity contribution >= 4 is 40.7 Å². The molecule has 8 nitrogen and oxygen atoms in total. The molecule has 0 saturated carbocycles. The molecular weight excluding hydrogens is 458 g/mol. The van der Waals surface area contributed by atoms with E-state index in [2.05, 4.69) is 10.2 Å². The Kier molecular flexibility index (Phi) is 4.02. The smallest absolute Gasteiger partial charge is 0.250 e. The number of halogens is 1. The van der Waals surface area contributed by atoms with Crippen LogP contribution in [0.1, 0.15) is 24.0 Å². The SMILES string of the molecule is Cc1cc(Cl)c2c(c1)[C@]1(C(=O)N2)[C@@H]2C(=O)N(c3ccc4c(c3)OCCO4)C(=O)[C@@H]2[C@@H]2CCCN21. The van der Waals surface area contributed by atoms with Gasteiger partial charge in [0.1, 0.15) is 18.8 Å². The molecule has 0 aromatic heterocycles. The molecule has 1 spiro atoms. The van der Waals surface area contributed by atoms with Crippen molar-refractivity contribution in [2.75, 3.05) is 30.0 Å². The van der Waals surface area contributed by atoms with Crippen LogP contribution in [0.15, 0.2) is 30.3 Å². The monoisotopic (exact) mass is 479 g/mol. The zero-order chi connectivity index (χ0) is 23.4. The van der Waals surface area contributed by atoms with Gasteiger partial charge in [0.2, 0.25) is 11.8 Å². The van der Waals surface area contributed by atoms with Crippen molar-refractivity contribution in [3.8, 4) is 11.5 Å². The maximum atomic E-state index is 14.1. The second-order valence-corrected chi connectivity index (χ2v) is 10.0. The number of amides is 3. The molecule has 4 atom stereocenters. The number of carbonyl (C=O) groups is 3. The number of ether oxygens (including phenoxy) is 2. The molecule has 3 amide bonds. The third kappa shape index (κ3) is 2.30. The summed E-state index contributed by atoms with van der Waals surface area (Å²) in [6.07, 6.45) is 1.63. The molecule has 0 bridgehead atoms. The summed E-state index contributed by atoms with van der Waals surface area (Å²) in [6.45, 7) is 3.43. The first-order valence-corrected chi connectivity index (χ1v) is 12.0. The summed E-state index contributed by atoms with van der Waals surface area (Å²) in [4.78, 5) is 45.0. The summed E-state index contributed by atoms with van der Waals surface area (Å²) in [7, 11) is 0. The van der Waals surface area contributed by atoms with Gasteiger partial charge in [-0.25, -0.2) is 4.90 Å². The van der Waals surface area contributed by atoms with Crippen molar-refractivity contribution in [3.05, 3.63) is 46.5 Å². The van der Waals surface area contributed by atoms with Crippen LogP contribution in [0, 0.1) is 18.8 Å². The molecule has 5 heterocycles. The maximum absolute atomic E-state index is 14.1. The Bertz CT molecular complexity index is 1310. The lowest BCUT2D eigenvalue weighted by Gasteiger charge is -2.36. The highest BCUT2D eigenvalue weighted by Gasteiger charge is 2.74. The lowest BCUT2D eigenvalue weighted by Crippen LogP contribution is -2.54. The van der Waals surface area contributed by atoms with E-state index in [-0.39, 0.29) is 23.8 Å². The standard InChI is InChI=1S/C25H22ClN3O5/c1-12-9-14-21(15(26)10-12)27-24(32)25(14)20-19(16-3-2-6-28(16)25)22(30)29(23(20)31)13-4-5-17-18(11-13)34-8-7-33-17/h4-5,9-11,16,19-20H,2-3,6-8H2,1H3,(H,27,32)/t16-,19+,20-,25+/m0/s1. The van der Waals surface area contributed by atoms with E-state index in [1.165, 1.54) is 4.90 Å². The van der Waals surface area contributed by atoms with Crippen LogP contribution in [0.3, 0.4) is 0 Å². The summed E-state index contributed by atoms with van der Waals surface area (Å²) in [6, 6.07) is 8.65. The van der Waals surface area contributed by atoms with E-state index < -0.39 is 17.4 Å². The highest BCUT2D eigenvalue weighted by atomic mass is 35.5. The molecule has 3 saturated heterocycles. The normalized spacial score (nSPS) is 31.2. The molecule has 5 aliphatic rings. The number of nitrogens with zero attached hydrogens (tertiary/aromatic N) is 2. The number of fused-ring (bicyclic) bond motifs is 8. The van der Waals surface area contributed by atoms with Crippen molar-refractivity contribution in [2.45, 2.75) is 31.3 Å². The van der Waals surface area contributed by atoms with Crippen molar-refractivity contribution in [3.63, 3.8) is 0 Å². The highest BCUT2D eigenvalue weighted by Crippen LogP contribution is 2.61. The first-order chi connectivity index (χ1) is 16.4. The minimum atomic E-state index is -1.24. The Hall–Kier alpha value is -3.10. The predicted molar refractivity (Wildman–Crippen MR) is 123 cm³/mol. The van der Waals surface area contributed by atoms with Crippen LogP contribution in [0.4, 0.5) is 11.4 Å². The van der Waals surface area contributed by atoms with Crippen molar-refractivity contribution < 1.29 is 23.9 Å². The van der Waals surface area contributed by atoms with Gasteiger partial charge in [0.15, 0.2) is 11.5 Å². The Morgan fingerprint density at radius 1 is 1.06 bits per heavy atom. The molecule has 0 unspecified atom stereocenters. The van der Waals surface area contributed by atoms with Gasteiger partial charge in [-0.2, -0.15) is 0 Å². The van der Waals surface area contributed by atoms with Crippen molar-refractivity contribution in [1.82, 2.24) is 4.90 Å². The second kappa shape index (κ2) is 6.73. The molecule has 3 fully saturated rings. The third-order valence-electron chi connectivity index (χ3n) is 7.98. The summed E-state index contributed by atoms with van der Waals surface area (Å²) in [5.74, 6) is -1.23. The van der Waals surface area contributed by atoms with Gasteiger partial charge in [0, 0.05) is 17.7 Å². The molecular formula is C25H22ClN3O5. The largest absolute Gasteiger partial charge is 0.486 e. The number of anilines is 2. The van der Waals surface area contributed by atoms with Gasteiger partial charge in [0.05, 0.1) is 28.2 Å². The molecule has 0 aliphatic carbocycles. The number of hydrogen-bond acceptors (Lipinski definition) is 6. The summed E-state index contributed by atoms with van der Waals surface area (Å²) in [5.41, 5.74) is 1.34. The van der Waals surface area contributed by atoms with E-state index in [4.69, 9.17) is 21.1 Å². The first-order valence-electron chi connectivity index (χ1n) is 11.6. The fourth-order valence-electron chi connectivity index (χ4n) is 6.82. The third-order valence-corrected chi connectivity index (χ3v) is 8.28. The van der Waals surface area contributed by atoms with Gasteiger partial charge in [-0.1, -0.05) is 17.7 Å². The topological polar surface area (TPSA) is 88.2 Å². The Labute approximate surface area is 200 Å². The van der Waals surface area contributed by atoms with Gasteiger partial charge in [-0.15, -0.1) is 0 Å². The van der Waals surface area contributed by atoms with Crippen LogP contribution in [0.25, 0.3) is 0 Å². The lowest BCUT2D eigenvalue weighted by atomic mass is 9.75. The van der Waals surface area contributed by atoms with Gasteiger partial charge in [0.25, 0.3) is 5.91 Å². The molecule has 2 aromatic carbocycles. The fourth-order valence-corrected chi connectivity index (χ4v) is 7.14. The van der Waals surface area contributed by atoms with E-state index in [9.17, 15) is 14.4 Å². The minimum absolute atomic E-state index is 0.181. The molecule has 9 heteroatoms. The molecule has 2 aromatic rings. The highest BCUT2D eigenvalue weighted by molar-refractivity contribution is 6.35. The number of carbonyl (C=O) groups excluding carboxylic acids is 3. The van der Waals surface area contributed by atoms with Crippen LogP contribution < -0.4 is 19.7 Å². The van der Waals surface area contributed by atoms with Gasteiger partial charge in [-0.05, 0) is 50.1 Å². The van der Waals surface area contributed by atoms with Crippen LogP contribution in [0.2, 0.25) is 5.02 Å². The quantitative estimate of drug-likeness (QED) is 0.633. The van der Waals surface area contributed by atoms with E-state index in [0.29, 0.717) is 53.2 Å². The zero-order valence-electron chi connectivity index (χ0n) is 18.5. The number of hydrogen-bond donors (Lipinski definition) is 1. The first kappa shape index (κ1) is 20.3. The number of rotatable bonds is 1. The van der Waals surface area contributed by atoms with Crippen LogP contribution >= 0.6 is 11.6 Å². The van der Waals surface area contributed by atoms with Crippen LogP contribution in [-0.4, -0.2) is 48.4 Å². The molecule has 0 radical (unpaired) electrons. The number of nitrogens with one attached hydrogen (secondary N) is 1. The minimum Gasteiger partial charge on any atom is -0.486 e. The average molecular weight is 480 g/mol. The Morgan fingerprint density at radius 3 is 2.68 bits per heavy atom. The van der Waals surface area contributed by atoms with E-state index in [1.54, 1.807) is 24.3 Å². The summed E-state index contributed by atoms with van der Waals surface area (Å²) in [5, 5.41) is 3.40. The van der Waals surface area contributed by atoms with Crippen molar-refractivity contribution in [1.29, 1.82) is 0 Å². The van der Waals surface area contributed by atoms with Gasteiger partial charge >= 0.3 is 0 Å². The molecule has 174 valence electrons. The average Bonchev–Trinajstić information content (AvgIpc) is 3.52. The van der Waals surface area contributed by atoms with Gasteiger partial charge in [-0.3, -0.25) is 19.3 Å². The number of benzene rings is 2. The zero-order valence-corrected chi connectivity index (χ0v) is 19.2. The van der Waals surface area contributed by atoms with E-state index >= 15 is 0 Å². The van der Waals surface area contributed by atoms with E-state index in [1.807, 2.05) is 13.0 Å². The molecule has 1 N–H and O–H groups in total. The number of aryl methyl sites for hydroxylation is 1. The van der Waals surface area contributed by atoms with Gasteiger partial charge < -0.3 is 14.8 Å². The number of imide groups is 1. The molecule has 7 rings (SSSR count). The fraction of sp³-hybridized carbons (Fsp3) is 0.400. The Morgan fingerprint density at radius 2 is 1.85 bits per heavy atom. The molecule has 34 heavy (non-hydrogen) atoms. The second-order valence-electron chi connectivity index (χ2n) is 9.64. The lowest BCUT2D eigenvalue weighted by molar-refractivity contribution is -0.135. The summed E-state index contributed by atoms with van der Waals surface area (Å²) < 4.78 is 11.3. The van der Waals surface area contributed by atoms with E-state index in [0.717, 1.165) is 18.4 Å². The van der Waals surface area contributed by atoms with Crippen LogP contribution in [0.5, 0.6) is 11.5 Å². The summed E-state index contributed by atoms with van der Waals surface area (Å²) >= 11 is 6.52. The molecule has 5 aliphatic heterocycles. The predicted octanol–water partition coefficient (Wildman–Crippen LogP) is 2.85. The van der Waals surface area contributed by atoms with Crippen molar-refractivity contribution in [2.24, 2.45) is 11.8 Å². The Balaban J connectivity index is 1.40. The maximum Gasteiger partial charge on any atom is 0.250 e.